The highest BCUT2D eigenvalue weighted by Gasteiger charge is 2.28. The SMILES string of the molecule is O=C(Nc1nc(-c2ccc(F)cc2)cs1)C1CCN(C(=O)c2ccoc2)CC1. The van der Waals surface area contributed by atoms with Crippen molar-refractivity contribution in [2.45, 2.75) is 12.8 Å². The third kappa shape index (κ3) is 3.96. The van der Waals surface area contributed by atoms with E-state index in [2.05, 4.69) is 10.3 Å². The van der Waals surface area contributed by atoms with E-state index in [9.17, 15) is 14.0 Å². The van der Waals surface area contributed by atoms with Crippen molar-refractivity contribution in [3.05, 3.63) is 59.6 Å². The zero-order valence-corrected chi connectivity index (χ0v) is 15.7. The number of halogens is 1. The van der Waals surface area contributed by atoms with Crippen molar-refractivity contribution in [2.75, 3.05) is 18.4 Å². The van der Waals surface area contributed by atoms with Crippen LogP contribution in [0.25, 0.3) is 11.3 Å². The Balaban J connectivity index is 1.32. The Hall–Kier alpha value is -3.00. The van der Waals surface area contributed by atoms with E-state index in [1.807, 2.05) is 5.38 Å². The number of furan rings is 1. The van der Waals surface area contributed by atoms with E-state index in [1.165, 1.54) is 36.0 Å². The molecule has 28 heavy (non-hydrogen) atoms. The fourth-order valence-electron chi connectivity index (χ4n) is 3.21. The highest BCUT2D eigenvalue weighted by atomic mass is 32.1. The molecule has 0 atom stereocenters. The molecule has 3 aromatic rings. The Morgan fingerprint density at radius 1 is 1.18 bits per heavy atom. The number of amides is 2. The molecule has 6 nitrogen and oxygen atoms in total. The van der Waals surface area contributed by atoms with Crippen molar-refractivity contribution in [3.63, 3.8) is 0 Å². The van der Waals surface area contributed by atoms with E-state index in [1.54, 1.807) is 23.1 Å². The molecular formula is C20H18FN3O3S. The molecule has 1 N–H and O–H groups in total. The molecule has 1 aromatic carbocycles. The summed E-state index contributed by atoms with van der Waals surface area (Å²) < 4.78 is 18.0. The first-order valence-electron chi connectivity index (χ1n) is 8.94. The van der Waals surface area contributed by atoms with Gasteiger partial charge in [-0.3, -0.25) is 9.59 Å². The molecule has 1 aliphatic heterocycles. The fraction of sp³-hybridized carbons (Fsp3) is 0.250. The van der Waals surface area contributed by atoms with Gasteiger partial charge in [0.25, 0.3) is 5.91 Å². The van der Waals surface area contributed by atoms with Crippen molar-refractivity contribution in [1.29, 1.82) is 0 Å². The number of hydrogen-bond acceptors (Lipinski definition) is 5. The largest absolute Gasteiger partial charge is 0.472 e. The highest BCUT2D eigenvalue weighted by molar-refractivity contribution is 7.14. The summed E-state index contributed by atoms with van der Waals surface area (Å²) in [5.41, 5.74) is 2.02. The molecule has 0 saturated carbocycles. The second kappa shape index (κ2) is 7.93. The topological polar surface area (TPSA) is 75.4 Å². The van der Waals surface area contributed by atoms with Crippen LogP contribution in [-0.4, -0.2) is 34.8 Å². The molecule has 144 valence electrons. The minimum Gasteiger partial charge on any atom is -0.472 e. The summed E-state index contributed by atoms with van der Waals surface area (Å²) in [7, 11) is 0. The number of thiazole rings is 1. The summed E-state index contributed by atoms with van der Waals surface area (Å²) >= 11 is 1.33. The molecule has 0 unspecified atom stereocenters. The molecule has 1 saturated heterocycles. The van der Waals surface area contributed by atoms with E-state index in [4.69, 9.17) is 4.42 Å². The molecule has 2 amide bonds. The number of piperidine rings is 1. The molecule has 1 aliphatic rings. The number of carbonyl (C=O) groups is 2. The summed E-state index contributed by atoms with van der Waals surface area (Å²) in [6, 6.07) is 7.71. The Labute approximate surface area is 165 Å². The lowest BCUT2D eigenvalue weighted by Gasteiger charge is -2.30. The van der Waals surface area contributed by atoms with E-state index in [0.29, 0.717) is 42.3 Å². The number of rotatable bonds is 4. The lowest BCUT2D eigenvalue weighted by molar-refractivity contribution is -0.121. The lowest BCUT2D eigenvalue weighted by Crippen LogP contribution is -2.41. The maximum absolute atomic E-state index is 13.0. The molecule has 0 aliphatic carbocycles. The average Bonchev–Trinajstić information content (AvgIpc) is 3.40. The van der Waals surface area contributed by atoms with Crippen LogP contribution >= 0.6 is 11.3 Å². The van der Waals surface area contributed by atoms with Crippen molar-refractivity contribution in [1.82, 2.24) is 9.88 Å². The maximum atomic E-state index is 13.0. The van der Waals surface area contributed by atoms with Crippen LogP contribution in [0, 0.1) is 11.7 Å². The van der Waals surface area contributed by atoms with Gasteiger partial charge in [-0.1, -0.05) is 0 Å². The van der Waals surface area contributed by atoms with E-state index >= 15 is 0 Å². The maximum Gasteiger partial charge on any atom is 0.257 e. The minimum atomic E-state index is -0.301. The molecule has 4 rings (SSSR count). The van der Waals surface area contributed by atoms with E-state index in [-0.39, 0.29) is 23.5 Å². The monoisotopic (exact) mass is 399 g/mol. The normalized spacial score (nSPS) is 14.8. The van der Waals surface area contributed by atoms with Crippen molar-refractivity contribution in [2.24, 2.45) is 5.92 Å². The summed E-state index contributed by atoms with van der Waals surface area (Å²) in [4.78, 5) is 31.0. The van der Waals surface area contributed by atoms with Gasteiger partial charge >= 0.3 is 0 Å². The number of benzene rings is 1. The summed E-state index contributed by atoms with van der Waals surface area (Å²) in [6.07, 6.45) is 4.11. The number of anilines is 1. The van der Waals surface area contributed by atoms with Crippen molar-refractivity contribution in [3.8, 4) is 11.3 Å². The van der Waals surface area contributed by atoms with Gasteiger partial charge in [0.15, 0.2) is 5.13 Å². The number of aromatic nitrogens is 1. The first-order chi connectivity index (χ1) is 13.6. The van der Waals surface area contributed by atoms with E-state index < -0.39 is 0 Å². The molecular weight excluding hydrogens is 381 g/mol. The van der Waals surface area contributed by atoms with Crippen molar-refractivity contribution < 1.29 is 18.4 Å². The number of carbonyl (C=O) groups excluding carboxylic acids is 2. The predicted octanol–water partition coefficient (Wildman–Crippen LogP) is 4.03. The predicted molar refractivity (Wildman–Crippen MR) is 103 cm³/mol. The second-order valence-electron chi connectivity index (χ2n) is 6.61. The van der Waals surface area contributed by atoms with Gasteiger partial charge in [-0.25, -0.2) is 9.37 Å². The fourth-order valence-corrected chi connectivity index (χ4v) is 3.93. The van der Waals surface area contributed by atoms with Crippen LogP contribution in [0.15, 0.2) is 52.7 Å². The zero-order valence-electron chi connectivity index (χ0n) is 14.9. The Morgan fingerprint density at radius 2 is 1.93 bits per heavy atom. The van der Waals surface area contributed by atoms with Crippen LogP contribution in [0.2, 0.25) is 0 Å². The van der Waals surface area contributed by atoms with Crippen LogP contribution in [0.1, 0.15) is 23.2 Å². The number of nitrogens with one attached hydrogen (secondary N) is 1. The number of likely N-dealkylation sites (tertiary alicyclic amines) is 1. The van der Waals surface area contributed by atoms with Crippen LogP contribution in [-0.2, 0) is 4.79 Å². The van der Waals surface area contributed by atoms with Gasteiger partial charge in [0.2, 0.25) is 5.91 Å². The van der Waals surface area contributed by atoms with Gasteiger partial charge in [0.05, 0.1) is 17.5 Å². The molecule has 2 aromatic heterocycles. The van der Waals surface area contributed by atoms with Gasteiger partial charge in [-0.15, -0.1) is 11.3 Å². The number of hydrogen-bond donors (Lipinski definition) is 1. The first-order valence-corrected chi connectivity index (χ1v) is 9.82. The van der Waals surface area contributed by atoms with Crippen LogP contribution in [0.4, 0.5) is 9.52 Å². The summed E-state index contributed by atoms with van der Waals surface area (Å²) in [6.45, 7) is 1.06. The van der Waals surface area contributed by atoms with Gasteiger partial charge in [0, 0.05) is 30.0 Å². The molecule has 0 bridgehead atoms. The zero-order chi connectivity index (χ0) is 19.5. The average molecular weight is 399 g/mol. The minimum absolute atomic E-state index is 0.0727. The van der Waals surface area contributed by atoms with Gasteiger partial charge in [-0.05, 0) is 43.2 Å². The summed E-state index contributed by atoms with van der Waals surface area (Å²) in [5.74, 6) is -0.622. The first kappa shape index (κ1) is 18.4. The van der Waals surface area contributed by atoms with Gasteiger partial charge < -0.3 is 14.6 Å². The standard InChI is InChI=1S/C20H18FN3O3S/c21-16-3-1-13(2-4-16)17-12-28-20(22-17)23-18(25)14-5-8-24(9-6-14)19(26)15-7-10-27-11-15/h1-4,7,10-12,14H,5-6,8-9H2,(H,22,23,25). The van der Waals surface area contributed by atoms with Crippen LogP contribution < -0.4 is 5.32 Å². The van der Waals surface area contributed by atoms with E-state index in [0.717, 1.165) is 5.56 Å². The molecule has 3 heterocycles. The number of nitrogens with zero attached hydrogens (tertiary/aromatic N) is 2. The quantitative estimate of drug-likeness (QED) is 0.719. The Morgan fingerprint density at radius 3 is 2.61 bits per heavy atom. The third-order valence-electron chi connectivity index (χ3n) is 4.80. The Bertz CT molecular complexity index is 961. The lowest BCUT2D eigenvalue weighted by atomic mass is 9.95. The van der Waals surface area contributed by atoms with Crippen LogP contribution in [0.3, 0.4) is 0 Å². The van der Waals surface area contributed by atoms with Gasteiger partial charge in [-0.2, -0.15) is 0 Å². The van der Waals surface area contributed by atoms with Crippen molar-refractivity contribution >= 4 is 28.3 Å². The summed E-state index contributed by atoms with van der Waals surface area (Å²) in [5, 5.41) is 5.20. The highest BCUT2D eigenvalue weighted by Crippen LogP contribution is 2.27. The smallest absolute Gasteiger partial charge is 0.257 e. The molecule has 0 radical (unpaired) electrons. The second-order valence-corrected chi connectivity index (χ2v) is 7.47. The van der Waals surface area contributed by atoms with Crippen LogP contribution in [0.5, 0.6) is 0 Å². The third-order valence-corrected chi connectivity index (χ3v) is 5.55. The molecule has 0 spiro atoms. The Kier molecular flexibility index (Phi) is 5.21. The van der Waals surface area contributed by atoms with Gasteiger partial charge in [0.1, 0.15) is 12.1 Å². The molecule has 8 heteroatoms. The molecule has 1 fully saturated rings.